The quantitative estimate of drug-likeness (QED) is 0.537. The number of fused-ring (bicyclic) bond motifs is 1. The van der Waals surface area contributed by atoms with Gasteiger partial charge >= 0.3 is 0 Å². The molecule has 1 aliphatic heterocycles. The van der Waals surface area contributed by atoms with Crippen LogP contribution in [0.5, 0.6) is 0 Å². The summed E-state index contributed by atoms with van der Waals surface area (Å²) >= 11 is 0. The Morgan fingerprint density at radius 1 is 1.46 bits per heavy atom. The summed E-state index contributed by atoms with van der Waals surface area (Å²) in [5, 5.41) is 9.83. The van der Waals surface area contributed by atoms with Gasteiger partial charge in [-0.25, -0.2) is 0 Å². The number of hydrogen-bond donors (Lipinski definition) is 1. The summed E-state index contributed by atoms with van der Waals surface area (Å²) in [7, 11) is 0. The van der Waals surface area contributed by atoms with Gasteiger partial charge in [-0.1, -0.05) is 26.2 Å². The van der Waals surface area contributed by atoms with Gasteiger partial charge in [0.25, 0.3) is 0 Å². The van der Waals surface area contributed by atoms with E-state index in [2.05, 4.69) is 13.8 Å². The molecule has 0 bridgehead atoms. The van der Waals surface area contributed by atoms with Crippen molar-refractivity contribution in [2.75, 3.05) is 0 Å². The van der Waals surface area contributed by atoms with Crippen LogP contribution in [0.15, 0.2) is 0 Å². The Kier molecular flexibility index (Phi) is 2.16. The number of aliphatic hydroxyl groups excluding tert-OH is 1. The second kappa shape index (κ2) is 2.96. The predicted octanol–water partition coefficient (Wildman–Crippen LogP) is 2.25. The van der Waals surface area contributed by atoms with Gasteiger partial charge in [0.1, 0.15) is 5.60 Å². The normalized spacial score (nSPS) is 47.8. The molecule has 0 aromatic heterocycles. The molecule has 0 aromatic carbocycles. The molecule has 2 heteroatoms. The first kappa shape index (κ1) is 9.47. The van der Waals surface area contributed by atoms with Crippen molar-refractivity contribution < 1.29 is 9.84 Å². The molecule has 13 heavy (non-hydrogen) atoms. The SMILES string of the molecule is CCCCC[C@]12O[C@@]1(C)CC[C@H]2O. The van der Waals surface area contributed by atoms with Crippen molar-refractivity contribution >= 4 is 0 Å². The third kappa shape index (κ3) is 1.23. The lowest BCUT2D eigenvalue weighted by Gasteiger charge is -2.14. The Morgan fingerprint density at radius 2 is 2.23 bits per heavy atom. The van der Waals surface area contributed by atoms with Crippen LogP contribution in [-0.2, 0) is 4.74 Å². The van der Waals surface area contributed by atoms with Gasteiger partial charge in [0, 0.05) is 0 Å². The average molecular weight is 184 g/mol. The molecule has 0 spiro atoms. The van der Waals surface area contributed by atoms with E-state index in [0.29, 0.717) is 0 Å². The van der Waals surface area contributed by atoms with Crippen molar-refractivity contribution in [1.29, 1.82) is 0 Å². The van der Waals surface area contributed by atoms with E-state index in [0.717, 1.165) is 19.3 Å². The molecule has 1 saturated carbocycles. The minimum atomic E-state index is -0.200. The molecule has 3 atom stereocenters. The van der Waals surface area contributed by atoms with Crippen molar-refractivity contribution in [3.63, 3.8) is 0 Å². The Morgan fingerprint density at radius 3 is 2.69 bits per heavy atom. The largest absolute Gasteiger partial charge is 0.390 e. The molecule has 2 aliphatic rings. The van der Waals surface area contributed by atoms with Crippen molar-refractivity contribution in [2.45, 2.75) is 69.7 Å². The second-order valence-corrected chi connectivity index (χ2v) is 4.73. The maximum absolute atomic E-state index is 9.83. The summed E-state index contributed by atoms with van der Waals surface area (Å²) in [6.45, 7) is 4.35. The van der Waals surface area contributed by atoms with Crippen molar-refractivity contribution in [3.05, 3.63) is 0 Å². The van der Waals surface area contributed by atoms with E-state index in [1.807, 2.05) is 0 Å². The van der Waals surface area contributed by atoms with Gasteiger partial charge in [-0.2, -0.15) is 0 Å². The van der Waals surface area contributed by atoms with E-state index >= 15 is 0 Å². The van der Waals surface area contributed by atoms with Crippen molar-refractivity contribution in [2.24, 2.45) is 0 Å². The Bertz CT molecular complexity index is 204. The standard InChI is InChI=1S/C11H20O2/c1-3-4-5-7-11-9(12)6-8-10(11,2)13-11/h9,12H,3-8H2,1-2H3/t9-,10+,11-/m1/s1. The lowest BCUT2D eigenvalue weighted by molar-refractivity contribution is 0.0566. The monoisotopic (exact) mass is 184 g/mol. The molecule has 1 N–H and O–H groups in total. The first-order chi connectivity index (χ1) is 6.15. The molecule has 2 nitrogen and oxygen atoms in total. The molecular formula is C11H20O2. The molecule has 0 radical (unpaired) electrons. The highest BCUT2D eigenvalue weighted by atomic mass is 16.6. The van der Waals surface area contributed by atoms with Crippen LogP contribution in [-0.4, -0.2) is 22.4 Å². The van der Waals surface area contributed by atoms with Crippen LogP contribution in [0.4, 0.5) is 0 Å². The highest BCUT2D eigenvalue weighted by Gasteiger charge is 2.73. The van der Waals surface area contributed by atoms with E-state index in [1.165, 1.54) is 19.3 Å². The maximum Gasteiger partial charge on any atom is 0.123 e. The third-order valence-electron chi connectivity index (χ3n) is 3.85. The van der Waals surface area contributed by atoms with Crippen LogP contribution in [0.3, 0.4) is 0 Å². The zero-order valence-corrected chi connectivity index (χ0v) is 8.68. The van der Waals surface area contributed by atoms with Gasteiger partial charge in [0.15, 0.2) is 0 Å². The molecule has 1 aliphatic carbocycles. The van der Waals surface area contributed by atoms with Gasteiger partial charge in [0.2, 0.25) is 0 Å². The molecule has 2 fully saturated rings. The zero-order valence-electron chi connectivity index (χ0n) is 8.68. The molecule has 2 rings (SSSR count). The van der Waals surface area contributed by atoms with Crippen LogP contribution in [0.2, 0.25) is 0 Å². The number of ether oxygens (including phenoxy) is 1. The van der Waals surface area contributed by atoms with Gasteiger partial charge in [-0.05, 0) is 26.2 Å². The maximum atomic E-state index is 9.83. The molecule has 76 valence electrons. The number of unbranched alkanes of at least 4 members (excludes halogenated alkanes) is 2. The van der Waals surface area contributed by atoms with Crippen molar-refractivity contribution in [1.82, 2.24) is 0 Å². The highest BCUT2D eigenvalue weighted by Crippen LogP contribution is 2.61. The lowest BCUT2D eigenvalue weighted by atomic mass is 9.91. The van der Waals surface area contributed by atoms with E-state index in [-0.39, 0.29) is 17.3 Å². The molecule has 1 saturated heterocycles. The summed E-state index contributed by atoms with van der Waals surface area (Å²) in [5.74, 6) is 0. The van der Waals surface area contributed by atoms with E-state index < -0.39 is 0 Å². The van der Waals surface area contributed by atoms with E-state index in [4.69, 9.17) is 4.74 Å². The first-order valence-corrected chi connectivity index (χ1v) is 5.53. The van der Waals surface area contributed by atoms with Gasteiger partial charge < -0.3 is 9.84 Å². The molecule has 1 heterocycles. The number of epoxide rings is 1. The molecular weight excluding hydrogens is 164 g/mol. The summed E-state index contributed by atoms with van der Waals surface area (Å²) < 4.78 is 5.74. The van der Waals surface area contributed by atoms with Crippen LogP contribution in [0.1, 0.15) is 52.4 Å². The number of rotatable bonds is 4. The Labute approximate surface area is 80.3 Å². The van der Waals surface area contributed by atoms with E-state index in [1.54, 1.807) is 0 Å². The smallest absolute Gasteiger partial charge is 0.123 e. The van der Waals surface area contributed by atoms with Gasteiger partial charge in [-0.15, -0.1) is 0 Å². The fraction of sp³-hybridized carbons (Fsp3) is 1.00. The zero-order chi connectivity index (χ0) is 9.53. The third-order valence-corrected chi connectivity index (χ3v) is 3.85. The fourth-order valence-electron chi connectivity index (χ4n) is 2.82. The summed E-state index contributed by atoms with van der Waals surface area (Å²) in [5.41, 5.74) is -0.109. The summed E-state index contributed by atoms with van der Waals surface area (Å²) in [4.78, 5) is 0. The van der Waals surface area contributed by atoms with Gasteiger partial charge in [0.05, 0.1) is 11.7 Å². The lowest BCUT2D eigenvalue weighted by Crippen LogP contribution is -2.29. The minimum Gasteiger partial charge on any atom is -0.390 e. The summed E-state index contributed by atoms with van der Waals surface area (Å²) in [6.07, 6.45) is 6.52. The second-order valence-electron chi connectivity index (χ2n) is 4.73. The molecule has 0 amide bonds. The van der Waals surface area contributed by atoms with Crippen LogP contribution in [0.25, 0.3) is 0 Å². The Hall–Kier alpha value is -0.0800. The minimum absolute atomic E-state index is 0.0279. The first-order valence-electron chi connectivity index (χ1n) is 5.53. The van der Waals surface area contributed by atoms with Gasteiger partial charge in [-0.3, -0.25) is 0 Å². The fourth-order valence-corrected chi connectivity index (χ4v) is 2.82. The predicted molar refractivity (Wildman–Crippen MR) is 51.6 cm³/mol. The van der Waals surface area contributed by atoms with Crippen LogP contribution >= 0.6 is 0 Å². The number of aliphatic hydroxyl groups is 1. The number of hydrogen-bond acceptors (Lipinski definition) is 2. The highest BCUT2D eigenvalue weighted by molar-refractivity contribution is 5.21. The molecule has 0 aromatic rings. The van der Waals surface area contributed by atoms with Crippen LogP contribution < -0.4 is 0 Å². The van der Waals surface area contributed by atoms with Crippen LogP contribution in [0, 0.1) is 0 Å². The molecule has 0 unspecified atom stereocenters. The Balaban J connectivity index is 1.90. The topological polar surface area (TPSA) is 32.8 Å². The average Bonchev–Trinajstić information content (AvgIpc) is 2.63. The summed E-state index contributed by atoms with van der Waals surface area (Å²) in [6, 6.07) is 0. The van der Waals surface area contributed by atoms with Crippen molar-refractivity contribution in [3.8, 4) is 0 Å². The van der Waals surface area contributed by atoms with E-state index in [9.17, 15) is 5.11 Å².